The Labute approximate surface area is 131 Å². The van der Waals surface area contributed by atoms with Crippen molar-refractivity contribution in [1.29, 1.82) is 0 Å². The molecule has 0 fully saturated rings. The Bertz CT molecular complexity index is 660. The predicted octanol–water partition coefficient (Wildman–Crippen LogP) is 4.09. The van der Waals surface area contributed by atoms with Crippen LogP contribution < -0.4 is 15.4 Å². The van der Waals surface area contributed by atoms with Crippen LogP contribution in [0.3, 0.4) is 0 Å². The number of nitrogens with one attached hydrogen (secondary N) is 2. The number of anilines is 1. The van der Waals surface area contributed by atoms with E-state index in [1.807, 2.05) is 48.5 Å². The van der Waals surface area contributed by atoms with Crippen LogP contribution in [0.15, 0.2) is 53.0 Å². The second-order valence-corrected chi connectivity index (χ2v) is 5.75. The number of hydrogen-bond donors (Lipinski definition) is 2. The van der Waals surface area contributed by atoms with Crippen LogP contribution in [0, 0.1) is 0 Å². The van der Waals surface area contributed by atoms with Crippen molar-refractivity contribution in [3.8, 4) is 5.75 Å². The highest BCUT2D eigenvalue weighted by atomic mass is 79.9. The Kier molecular flexibility index (Phi) is 4.10. The normalized spacial score (nSPS) is 16.5. The van der Waals surface area contributed by atoms with E-state index in [9.17, 15) is 4.79 Å². The Morgan fingerprint density at radius 3 is 2.90 bits per heavy atom. The van der Waals surface area contributed by atoms with Gasteiger partial charge in [-0.05, 0) is 24.3 Å². The summed E-state index contributed by atoms with van der Waals surface area (Å²) in [6.07, 6.45) is 0.767. The first-order valence-electron chi connectivity index (χ1n) is 6.77. The Morgan fingerprint density at radius 2 is 2.05 bits per heavy atom. The van der Waals surface area contributed by atoms with Crippen LogP contribution >= 0.6 is 15.9 Å². The lowest BCUT2D eigenvalue weighted by atomic mass is 10.0. The molecule has 2 amide bonds. The molecule has 2 N–H and O–H groups in total. The maximum absolute atomic E-state index is 12.1. The minimum Gasteiger partial charge on any atom is -0.493 e. The molecule has 0 aromatic heterocycles. The van der Waals surface area contributed by atoms with E-state index in [0.717, 1.165) is 27.9 Å². The molecule has 21 heavy (non-hydrogen) atoms. The van der Waals surface area contributed by atoms with Crippen LogP contribution in [0.5, 0.6) is 5.75 Å². The highest BCUT2D eigenvalue weighted by molar-refractivity contribution is 9.10. The fraction of sp³-hybridized carbons (Fsp3) is 0.188. The summed E-state index contributed by atoms with van der Waals surface area (Å²) in [6.45, 7) is 0.610. The number of ether oxygens (including phenoxy) is 1. The van der Waals surface area contributed by atoms with Crippen LogP contribution in [0.25, 0.3) is 0 Å². The summed E-state index contributed by atoms with van der Waals surface area (Å²) in [6, 6.07) is 15.1. The second-order valence-electron chi connectivity index (χ2n) is 4.84. The largest absolute Gasteiger partial charge is 0.493 e. The van der Waals surface area contributed by atoms with Gasteiger partial charge >= 0.3 is 6.03 Å². The molecular weight excluding hydrogens is 332 g/mol. The smallest absolute Gasteiger partial charge is 0.319 e. The zero-order valence-electron chi connectivity index (χ0n) is 11.3. The topological polar surface area (TPSA) is 50.4 Å². The van der Waals surface area contributed by atoms with Gasteiger partial charge in [-0.2, -0.15) is 0 Å². The molecule has 2 aromatic carbocycles. The van der Waals surface area contributed by atoms with Crippen molar-refractivity contribution in [2.24, 2.45) is 0 Å². The maximum Gasteiger partial charge on any atom is 0.319 e. The van der Waals surface area contributed by atoms with Gasteiger partial charge < -0.3 is 15.4 Å². The molecular formula is C16H15BrN2O2. The van der Waals surface area contributed by atoms with Gasteiger partial charge in [-0.25, -0.2) is 4.79 Å². The molecule has 0 radical (unpaired) electrons. The predicted molar refractivity (Wildman–Crippen MR) is 85.6 cm³/mol. The number of rotatable bonds is 2. The lowest BCUT2D eigenvalue weighted by molar-refractivity contribution is 0.232. The monoisotopic (exact) mass is 346 g/mol. The number of benzene rings is 2. The van der Waals surface area contributed by atoms with Gasteiger partial charge in [0.25, 0.3) is 0 Å². The summed E-state index contributed by atoms with van der Waals surface area (Å²) in [7, 11) is 0. The first kappa shape index (κ1) is 13.9. The summed E-state index contributed by atoms with van der Waals surface area (Å²) >= 11 is 3.38. The number of carbonyl (C=O) groups is 1. The molecule has 0 saturated heterocycles. The Morgan fingerprint density at radius 1 is 1.19 bits per heavy atom. The molecule has 0 saturated carbocycles. The number of hydrogen-bond acceptors (Lipinski definition) is 2. The number of fused-ring (bicyclic) bond motifs is 1. The molecule has 108 valence electrons. The number of amides is 2. The number of halogens is 1. The molecule has 1 unspecified atom stereocenters. The number of urea groups is 1. The summed E-state index contributed by atoms with van der Waals surface area (Å²) in [5.41, 5.74) is 1.77. The van der Waals surface area contributed by atoms with Gasteiger partial charge in [-0.3, -0.25) is 0 Å². The van der Waals surface area contributed by atoms with Crippen molar-refractivity contribution in [2.45, 2.75) is 12.5 Å². The van der Waals surface area contributed by atoms with Crippen molar-refractivity contribution < 1.29 is 9.53 Å². The standard InChI is InChI=1S/C16H15BrN2O2/c17-11-4-3-5-12(10-11)18-16(20)19-14-8-9-21-15-7-2-1-6-13(14)15/h1-7,10,14H,8-9H2,(H2,18,19,20). The van der Waals surface area contributed by atoms with Crippen molar-refractivity contribution in [1.82, 2.24) is 5.32 Å². The van der Waals surface area contributed by atoms with E-state index < -0.39 is 0 Å². The molecule has 1 heterocycles. The van der Waals surface area contributed by atoms with E-state index in [1.165, 1.54) is 0 Å². The number of carbonyl (C=O) groups excluding carboxylic acids is 1. The molecule has 0 bridgehead atoms. The first-order valence-corrected chi connectivity index (χ1v) is 7.56. The fourth-order valence-corrected chi connectivity index (χ4v) is 2.78. The van der Waals surface area contributed by atoms with Crippen LogP contribution in [-0.4, -0.2) is 12.6 Å². The summed E-state index contributed by atoms with van der Waals surface area (Å²) in [5.74, 6) is 0.844. The average Bonchev–Trinajstić information content (AvgIpc) is 2.47. The third-order valence-electron chi connectivity index (χ3n) is 3.35. The third kappa shape index (κ3) is 3.36. The summed E-state index contributed by atoms with van der Waals surface area (Å²) in [4.78, 5) is 12.1. The first-order chi connectivity index (χ1) is 10.2. The van der Waals surface area contributed by atoms with Gasteiger partial charge in [-0.1, -0.05) is 40.2 Å². The molecule has 4 nitrogen and oxygen atoms in total. The molecule has 1 aliphatic heterocycles. The van der Waals surface area contributed by atoms with Crippen molar-refractivity contribution in [3.63, 3.8) is 0 Å². The highest BCUT2D eigenvalue weighted by Gasteiger charge is 2.22. The fourth-order valence-electron chi connectivity index (χ4n) is 2.38. The van der Waals surface area contributed by atoms with Crippen molar-refractivity contribution >= 4 is 27.6 Å². The van der Waals surface area contributed by atoms with Gasteiger partial charge in [0.15, 0.2) is 0 Å². The Hall–Kier alpha value is -2.01. The van der Waals surface area contributed by atoms with E-state index in [0.29, 0.717) is 6.61 Å². The summed E-state index contributed by atoms with van der Waals surface area (Å²) < 4.78 is 6.52. The quantitative estimate of drug-likeness (QED) is 0.860. The molecule has 1 aliphatic rings. The Balaban J connectivity index is 1.68. The van der Waals surface area contributed by atoms with E-state index >= 15 is 0 Å². The molecule has 0 spiro atoms. The van der Waals surface area contributed by atoms with Crippen molar-refractivity contribution in [3.05, 3.63) is 58.6 Å². The lowest BCUT2D eigenvalue weighted by Gasteiger charge is -2.26. The molecule has 5 heteroatoms. The van der Waals surface area contributed by atoms with E-state index in [2.05, 4.69) is 26.6 Å². The zero-order valence-corrected chi connectivity index (χ0v) is 12.9. The maximum atomic E-state index is 12.1. The summed E-state index contributed by atoms with van der Waals surface area (Å²) in [5, 5.41) is 5.84. The van der Waals surface area contributed by atoms with E-state index in [4.69, 9.17) is 4.74 Å². The minimum atomic E-state index is -0.213. The lowest BCUT2D eigenvalue weighted by Crippen LogP contribution is -2.35. The average molecular weight is 347 g/mol. The van der Waals surface area contributed by atoms with Gasteiger partial charge in [0, 0.05) is 22.1 Å². The second kappa shape index (κ2) is 6.18. The van der Waals surface area contributed by atoms with Crippen LogP contribution in [0.2, 0.25) is 0 Å². The van der Waals surface area contributed by atoms with Gasteiger partial charge in [0.05, 0.1) is 12.6 Å². The molecule has 2 aromatic rings. The van der Waals surface area contributed by atoms with Gasteiger partial charge in [-0.15, -0.1) is 0 Å². The number of para-hydroxylation sites is 1. The van der Waals surface area contributed by atoms with Crippen LogP contribution in [-0.2, 0) is 0 Å². The molecule has 0 aliphatic carbocycles. The zero-order chi connectivity index (χ0) is 14.7. The van der Waals surface area contributed by atoms with Gasteiger partial charge in [0.1, 0.15) is 5.75 Å². The van der Waals surface area contributed by atoms with E-state index in [-0.39, 0.29) is 12.1 Å². The van der Waals surface area contributed by atoms with Crippen molar-refractivity contribution in [2.75, 3.05) is 11.9 Å². The SMILES string of the molecule is O=C(Nc1cccc(Br)c1)NC1CCOc2ccccc21. The highest BCUT2D eigenvalue weighted by Crippen LogP contribution is 2.31. The van der Waals surface area contributed by atoms with Crippen LogP contribution in [0.1, 0.15) is 18.0 Å². The molecule has 3 rings (SSSR count). The minimum absolute atomic E-state index is 0.0258. The van der Waals surface area contributed by atoms with E-state index in [1.54, 1.807) is 0 Å². The third-order valence-corrected chi connectivity index (χ3v) is 3.84. The van der Waals surface area contributed by atoms with Gasteiger partial charge in [0.2, 0.25) is 0 Å². The van der Waals surface area contributed by atoms with Crippen LogP contribution in [0.4, 0.5) is 10.5 Å². The molecule has 1 atom stereocenters.